The number of nitrogens with zero attached hydrogens (tertiary/aromatic N) is 1. The first-order valence-corrected chi connectivity index (χ1v) is 5.46. The predicted molar refractivity (Wildman–Crippen MR) is 52.2 cm³/mol. The highest BCUT2D eigenvalue weighted by molar-refractivity contribution is 4.97. The van der Waals surface area contributed by atoms with Crippen LogP contribution in [0.25, 0.3) is 0 Å². The Hall–Kier alpha value is -0.0400. The molecular formula is C11H21N. The average Bonchev–Trinajstić information content (AvgIpc) is 2.01. The SMILES string of the molecule is CC(C)N1CC2(CCCCC2)C1. The van der Waals surface area contributed by atoms with Crippen molar-refractivity contribution < 1.29 is 0 Å². The molecule has 1 saturated carbocycles. The number of hydrogen-bond donors (Lipinski definition) is 0. The first-order valence-electron chi connectivity index (χ1n) is 5.46. The maximum Gasteiger partial charge on any atom is 0.00532 e. The van der Waals surface area contributed by atoms with Gasteiger partial charge in [0.15, 0.2) is 0 Å². The summed E-state index contributed by atoms with van der Waals surface area (Å²) in [6.45, 7) is 7.42. The normalized spacial score (nSPS) is 29.2. The Balaban J connectivity index is 1.84. The molecule has 2 rings (SSSR count). The van der Waals surface area contributed by atoms with Crippen LogP contribution >= 0.6 is 0 Å². The first kappa shape index (κ1) is 8.55. The third-order valence-corrected chi connectivity index (χ3v) is 3.72. The van der Waals surface area contributed by atoms with E-state index in [0.29, 0.717) is 0 Å². The van der Waals surface area contributed by atoms with Crippen LogP contribution in [0.1, 0.15) is 46.0 Å². The lowest BCUT2D eigenvalue weighted by Crippen LogP contribution is -2.59. The second-order valence-electron chi connectivity index (χ2n) is 5.06. The number of rotatable bonds is 1. The Labute approximate surface area is 76.1 Å². The molecule has 2 aliphatic rings. The van der Waals surface area contributed by atoms with E-state index in [4.69, 9.17) is 0 Å². The third-order valence-electron chi connectivity index (χ3n) is 3.72. The van der Waals surface area contributed by atoms with Crippen LogP contribution in [0, 0.1) is 5.41 Å². The van der Waals surface area contributed by atoms with Gasteiger partial charge in [-0.1, -0.05) is 19.3 Å². The van der Waals surface area contributed by atoms with Crippen LogP contribution in [0.15, 0.2) is 0 Å². The van der Waals surface area contributed by atoms with Crippen molar-refractivity contribution in [2.45, 2.75) is 52.0 Å². The minimum atomic E-state index is 0.776. The largest absolute Gasteiger partial charge is 0.300 e. The third kappa shape index (κ3) is 1.39. The van der Waals surface area contributed by atoms with Crippen LogP contribution in [0.5, 0.6) is 0 Å². The highest BCUT2D eigenvalue weighted by atomic mass is 15.2. The monoisotopic (exact) mass is 167 g/mol. The molecule has 0 aromatic heterocycles. The zero-order valence-electron chi connectivity index (χ0n) is 8.47. The molecule has 0 bridgehead atoms. The number of hydrogen-bond acceptors (Lipinski definition) is 1. The molecule has 0 atom stereocenters. The molecule has 1 heteroatoms. The van der Waals surface area contributed by atoms with E-state index < -0.39 is 0 Å². The molecule has 1 nitrogen and oxygen atoms in total. The molecule has 1 spiro atoms. The molecule has 1 saturated heterocycles. The molecular weight excluding hydrogens is 146 g/mol. The Morgan fingerprint density at radius 2 is 1.58 bits per heavy atom. The van der Waals surface area contributed by atoms with Crippen molar-refractivity contribution in [3.05, 3.63) is 0 Å². The number of likely N-dealkylation sites (tertiary alicyclic amines) is 1. The van der Waals surface area contributed by atoms with Crippen molar-refractivity contribution in [2.75, 3.05) is 13.1 Å². The van der Waals surface area contributed by atoms with E-state index in [-0.39, 0.29) is 0 Å². The van der Waals surface area contributed by atoms with Gasteiger partial charge in [0.05, 0.1) is 0 Å². The lowest BCUT2D eigenvalue weighted by atomic mass is 9.68. The molecule has 0 amide bonds. The fourth-order valence-electron chi connectivity index (χ4n) is 2.80. The minimum Gasteiger partial charge on any atom is -0.300 e. The van der Waals surface area contributed by atoms with E-state index in [2.05, 4.69) is 18.7 Å². The van der Waals surface area contributed by atoms with E-state index in [0.717, 1.165) is 11.5 Å². The van der Waals surface area contributed by atoms with Crippen LogP contribution in [-0.4, -0.2) is 24.0 Å². The van der Waals surface area contributed by atoms with Gasteiger partial charge in [0.2, 0.25) is 0 Å². The molecule has 0 aromatic carbocycles. The summed E-state index contributed by atoms with van der Waals surface area (Å²) in [7, 11) is 0. The van der Waals surface area contributed by atoms with Crippen molar-refractivity contribution in [2.24, 2.45) is 5.41 Å². The van der Waals surface area contributed by atoms with Crippen LogP contribution in [-0.2, 0) is 0 Å². The van der Waals surface area contributed by atoms with Gasteiger partial charge >= 0.3 is 0 Å². The van der Waals surface area contributed by atoms with Crippen molar-refractivity contribution in [1.29, 1.82) is 0 Å². The Morgan fingerprint density at radius 1 is 1.00 bits per heavy atom. The molecule has 0 radical (unpaired) electrons. The van der Waals surface area contributed by atoms with Crippen molar-refractivity contribution in [3.8, 4) is 0 Å². The maximum atomic E-state index is 2.62. The lowest BCUT2D eigenvalue weighted by molar-refractivity contribution is -0.0465. The summed E-state index contributed by atoms with van der Waals surface area (Å²) in [6.07, 6.45) is 7.49. The smallest absolute Gasteiger partial charge is 0.00532 e. The summed E-state index contributed by atoms with van der Waals surface area (Å²) < 4.78 is 0. The molecule has 0 unspecified atom stereocenters. The molecule has 0 N–H and O–H groups in total. The van der Waals surface area contributed by atoms with E-state index in [1.807, 2.05) is 0 Å². The van der Waals surface area contributed by atoms with Crippen LogP contribution < -0.4 is 0 Å². The minimum absolute atomic E-state index is 0.776. The van der Waals surface area contributed by atoms with Crippen molar-refractivity contribution >= 4 is 0 Å². The summed E-state index contributed by atoms with van der Waals surface area (Å²) in [6, 6.07) is 0.776. The molecule has 1 aliphatic carbocycles. The first-order chi connectivity index (χ1) is 5.72. The summed E-state index contributed by atoms with van der Waals surface area (Å²) in [5.74, 6) is 0. The quantitative estimate of drug-likeness (QED) is 0.580. The van der Waals surface area contributed by atoms with Gasteiger partial charge in [-0.15, -0.1) is 0 Å². The van der Waals surface area contributed by atoms with Gasteiger partial charge in [0.1, 0.15) is 0 Å². The van der Waals surface area contributed by atoms with E-state index >= 15 is 0 Å². The van der Waals surface area contributed by atoms with E-state index in [9.17, 15) is 0 Å². The Kier molecular flexibility index (Phi) is 2.16. The van der Waals surface area contributed by atoms with Crippen molar-refractivity contribution in [1.82, 2.24) is 4.90 Å². The lowest BCUT2D eigenvalue weighted by Gasteiger charge is -2.54. The standard InChI is InChI=1S/C11H21N/c1-10(2)12-8-11(9-12)6-4-3-5-7-11/h10H,3-9H2,1-2H3. The van der Waals surface area contributed by atoms with Gasteiger partial charge in [-0.2, -0.15) is 0 Å². The summed E-state index contributed by atoms with van der Waals surface area (Å²) in [5, 5.41) is 0. The predicted octanol–water partition coefficient (Wildman–Crippen LogP) is 2.66. The Morgan fingerprint density at radius 3 is 2.08 bits per heavy atom. The van der Waals surface area contributed by atoms with Gasteiger partial charge < -0.3 is 0 Å². The zero-order valence-corrected chi connectivity index (χ0v) is 8.47. The van der Waals surface area contributed by atoms with Gasteiger partial charge in [0.25, 0.3) is 0 Å². The van der Waals surface area contributed by atoms with Crippen molar-refractivity contribution in [3.63, 3.8) is 0 Å². The average molecular weight is 167 g/mol. The van der Waals surface area contributed by atoms with Gasteiger partial charge in [-0.25, -0.2) is 0 Å². The second kappa shape index (κ2) is 3.02. The van der Waals surface area contributed by atoms with Crippen LogP contribution in [0.3, 0.4) is 0 Å². The highest BCUT2D eigenvalue weighted by Gasteiger charge is 2.43. The molecule has 70 valence electrons. The van der Waals surface area contributed by atoms with Crippen LogP contribution in [0.4, 0.5) is 0 Å². The molecule has 1 aliphatic heterocycles. The van der Waals surface area contributed by atoms with E-state index in [1.54, 1.807) is 0 Å². The molecule has 0 aromatic rings. The maximum absolute atomic E-state index is 2.62. The zero-order chi connectivity index (χ0) is 8.60. The fourth-order valence-corrected chi connectivity index (χ4v) is 2.80. The van der Waals surface area contributed by atoms with Gasteiger partial charge in [0, 0.05) is 19.1 Å². The molecule has 12 heavy (non-hydrogen) atoms. The Bertz CT molecular complexity index is 148. The fraction of sp³-hybridized carbons (Fsp3) is 1.00. The van der Waals surface area contributed by atoms with Gasteiger partial charge in [-0.05, 0) is 32.1 Å². The topological polar surface area (TPSA) is 3.24 Å². The molecule has 1 heterocycles. The highest BCUT2D eigenvalue weighted by Crippen LogP contribution is 2.44. The van der Waals surface area contributed by atoms with E-state index in [1.165, 1.54) is 45.2 Å². The van der Waals surface area contributed by atoms with Gasteiger partial charge in [-0.3, -0.25) is 4.90 Å². The molecule has 2 fully saturated rings. The van der Waals surface area contributed by atoms with Crippen LogP contribution in [0.2, 0.25) is 0 Å². The summed E-state index contributed by atoms with van der Waals surface area (Å²) in [5.41, 5.74) is 0.780. The summed E-state index contributed by atoms with van der Waals surface area (Å²) >= 11 is 0. The summed E-state index contributed by atoms with van der Waals surface area (Å²) in [4.78, 5) is 2.62. The second-order valence-corrected chi connectivity index (χ2v) is 5.06.